The Labute approximate surface area is 154 Å². The van der Waals surface area contributed by atoms with Gasteiger partial charge in [-0.3, -0.25) is 4.79 Å². The van der Waals surface area contributed by atoms with Gasteiger partial charge in [0, 0.05) is 18.1 Å². The van der Waals surface area contributed by atoms with E-state index in [1.54, 1.807) is 0 Å². The molecule has 2 fully saturated rings. The number of amides is 1. The number of halogens is 2. The van der Waals surface area contributed by atoms with Gasteiger partial charge < -0.3 is 15.2 Å². The van der Waals surface area contributed by atoms with Crippen molar-refractivity contribution < 1.29 is 4.79 Å². The molecule has 7 heteroatoms. The van der Waals surface area contributed by atoms with Gasteiger partial charge in [0.25, 0.3) is 0 Å². The van der Waals surface area contributed by atoms with E-state index < -0.39 is 0 Å². The molecule has 4 rings (SSSR count). The summed E-state index contributed by atoms with van der Waals surface area (Å²) in [5.41, 5.74) is 1.98. The Morgan fingerprint density at radius 2 is 1.92 bits per heavy atom. The van der Waals surface area contributed by atoms with E-state index in [0.29, 0.717) is 24.7 Å². The normalized spacial score (nSPS) is 25.0. The van der Waals surface area contributed by atoms with E-state index in [0.717, 1.165) is 29.7 Å². The lowest BCUT2D eigenvalue weighted by atomic mass is 10.00. The molecular weight excluding hydrogens is 347 g/mol. The maximum atomic E-state index is 12.4. The molecule has 5 nitrogen and oxygen atoms in total. The lowest BCUT2D eigenvalue weighted by molar-refractivity contribution is -0.122. The molecule has 1 aromatic heterocycles. The third-order valence-electron chi connectivity index (χ3n) is 4.99. The minimum atomic E-state index is 0. The minimum Gasteiger partial charge on any atom is -0.352 e. The molecule has 24 heavy (non-hydrogen) atoms. The van der Waals surface area contributed by atoms with E-state index in [4.69, 9.17) is 0 Å². The zero-order valence-electron chi connectivity index (χ0n) is 13.7. The van der Waals surface area contributed by atoms with Crippen molar-refractivity contribution in [2.75, 3.05) is 0 Å². The SMILES string of the molecule is Cc1nc2ccccc2n1CC(=O)NC1CC2CCC(C1)N2.Cl.Cl. The number of benzene rings is 1. The number of hydrogen-bond donors (Lipinski definition) is 2. The molecule has 0 aliphatic carbocycles. The molecule has 132 valence electrons. The summed E-state index contributed by atoms with van der Waals surface area (Å²) in [7, 11) is 0. The predicted octanol–water partition coefficient (Wildman–Crippen LogP) is 2.59. The Bertz CT molecular complexity index is 706. The first-order valence-electron chi connectivity index (χ1n) is 8.16. The van der Waals surface area contributed by atoms with Gasteiger partial charge in [-0.2, -0.15) is 0 Å². The first-order chi connectivity index (χ1) is 10.7. The highest BCUT2D eigenvalue weighted by Gasteiger charge is 2.33. The van der Waals surface area contributed by atoms with E-state index in [-0.39, 0.29) is 30.7 Å². The second-order valence-corrected chi connectivity index (χ2v) is 6.61. The van der Waals surface area contributed by atoms with Gasteiger partial charge in [-0.1, -0.05) is 12.1 Å². The maximum Gasteiger partial charge on any atom is 0.240 e. The van der Waals surface area contributed by atoms with Crippen LogP contribution in [0.2, 0.25) is 0 Å². The highest BCUT2D eigenvalue weighted by Crippen LogP contribution is 2.26. The molecule has 0 spiro atoms. The van der Waals surface area contributed by atoms with Crippen molar-refractivity contribution in [3.05, 3.63) is 30.1 Å². The average molecular weight is 371 g/mol. The summed E-state index contributed by atoms with van der Waals surface area (Å²) in [5.74, 6) is 0.985. The molecule has 2 aliphatic heterocycles. The van der Waals surface area contributed by atoms with Crippen LogP contribution in [0.25, 0.3) is 11.0 Å². The second kappa shape index (κ2) is 7.72. The largest absolute Gasteiger partial charge is 0.352 e. The Hall–Kier alpha value is -1.30. The fraction of sp³-hybridized carbons (Fsp3) is 0.529. The molecule has 3 heterocycles. The second-order valence-electron chi connectivity index (χ2n) is 6.61. The van der Waals surface area contributed by atoms with Gasteiger partial charge in [0.2, 0.25) is 5.91 Å². The highest BCUT2D eigenvalue weighted by molar-refractivity contribution is 5.85. The van der Waals surface area contributed by atoms with Crippen LogP contribution in [0.5, 0.6) is 0 Å². The van der Waals surface area contributed by atoms with E-state index in [1.165, 1.54) is 12.8 Å². The number of nitrogens with one attached hydrogen (secondary N) is 2. The van der Waals surface area contributed by atoms with Gasteiger partial charge in [-0.05, 0) is 44.7 Å². The van der Waals surface area contributed by atoms with Crippen molar-refractivity contribution in [2.24, 2.45) is 0 Å². The topological polar surface area (TPSA) is 59.0 Å². The van der Waals surface area contributed by atoms with E-state index in [2.05, 4.69) is 15.6 Å². The molecule has 0 radical (unpaired) electrons. The maximum absolute atomic E-state index is 12.4. The quantitative estimate of drug-likeness (QED) is 0.872. The zero-order valence-corrected chi connectivity index (χ0v) is 15.3. The zero-order chi connectivity index (χ0) is 15.1. The van der Waals surface area contributed by atoms with Crippen LogP contribution in [0.15, 0.2) is 24.3 Å². The lowest BCUT2D eigenvalue weighted by Crippen LogP contribution is -2.48. The summed E-state index contributed by atoms with van der Waals surface area (Å²) in [6.07, 6.45) is 4.63. The summed E-state index contributed by atoms with van der Waals surface area (Å²) < 4.78 is 2.00. The number of fused-ring (bicyclic) bond motifs is 3. The van der Waals surface area contributed by atoms with E-state index >= 15 is 0 Å². The first-order valence-corrected chi connectivity index (χ1v) is 8.16. The van der Waals surface area contributed by atoms with Crippen molar-refractivity contribution in [1.29, 1.82) is 0 Å². The number of rotatable bonds is 3. The Balaban J connectivity index is 0.00000104. The van der Waals surface area contributed by atoms with E-state index in [9.17, 15) is 4.79 Å². The number of carbonyl (C=O) groups is 1. The number of imidazole rings is 1. The van der Waals surface area contributed by atoms with Crippen LogP contribution >= 0.6 is 24.8 Å². The van der Waals surface area contributed by atoms with Crippen LogP contribution in [0, 0.1) is 6.92 Å². The first kappa shape index (κ1) is 19.0. The summed E-state index contributed by atoms with van der Waals surface area (Å²) in [6.45, 7) is 2.31. The van der Waals surface area contributed by atoms with Crippen molar-refractivity contribution in [2.45, 2.75) is 57.3 Å². The minimum absolute atomic E-state index is 0. The van der Waals surface area contributed by atoms with Crippen LogP contribution < -0.4 is 10.6 Å². The van der Waals surface area contributed by atoms with Crippen LogP contribution in [0.3, 0.4) is 0 Å². The fourth-order valence-corrected chi connectivity index (χ4v) is 3.99. The third-order valence-corrected chi connectivity index (χ3v) is 4.99. The molecule has 1 amide bonds. The Morgan fingerprint density at radius 1 is 1.25 bits per heavy atom. The molecule has 0 saturated carbocycles. The van der Waals surface area contributed by atoms with Gasteiger partial charge in [0.15, 0.2) is 0 Å². The lowest BCUT2D eigenvalue weighted by Gasteiger charge is -2.29. The molecule has 2 unspecified atom stereocenters. The van der Waals surface area contributed by atoms with Crippen LogP contribution in [-0.2, 0) is 11.3 Å². The molecule has 2 saturated heterocycles. The third kappa shape index (κ3) is 3.68. The van der Waals surface area contributed by atoms with Crippen molar-refractivity contribution in [3.8, 4) is 0 Å². The van der Waals surface area contributed by atoms with Crippen LogP contribution in [0.4, 0.5) is 0 Å². The monoisotopic (exact) mass is 370 g/mol. The van der Waals surface area contributed by atoms with Crippen molar-refractivity contribution >= 4 is 41.8 Å². The highest BCUT2D eigenvalue weighted by atomic mass is 35.5. The average Bonchev–Trinajstić information content (AvgIpc) is 2.99. The van der Waals surface area contributed by atoms with Gasteiger partial charge >= 0.3 is 0 Å². The summed E-state index contributed by atoms with van der Waals surface area (Å²) in [5, 5.41) is 6.83. The predicted molar refractivity (Wildman–Crippen MR) is 100 cm³/mol. The van der Waals surface area contributed by atoms with Gasteiger partial charge in [0.05, 0.1) is 11.0 Å². The van der Waals surface area contributed by atoms with Gasteiger partial charge in [0.1, 0.15) is 12.4 Å². The Morgan fingerprint density at radius 3 is 2.62 bits per heavy atom. The van der Waals surface area contributed by atoms with Gasteiger partial charge in [-0.25, -0.2) is 4.98 Å². The number of nitrogens with zero attached hydrogens (tertiary/aromatic N) is 2. The van der Waals surface area contributed by atoms with Crippen molar-refractivity contribution in [1.82, 2.24) is 20.2 Å². The number of aromatic nitrogens is 2. The number of hydrogen-bond acceptors (Lipinski definition) is 3. The molecule has 2 aromatic rings. The summed E-state index contributed by atoms with van der Waals surface area (Å²) >= 11 is 0. The Kier molecular flexibility index (Phi) is 6.12. The summed E-state index contributed by atoms with van der Waals surface area (Å²) in [4.78, 5) is 16.9. The molecule has 1 aromatic carbocycles. The van der Waals surface area contributed by atoms with E-state index in [1.807, 2.05) is 35.8 Å². The van der Waals surface area contributed by atoms with Gasteiger partial charge in [-0.15, -0.1) is 24.8 Å². The molecular formula is C17H24Cl2N4O. The van der Waals surface area contributed by atoms with Crippen LogP contribution in [0.1, 0.15) is 31.5 Å². The van der Waals surface area contributed by atoms with Crippen LogP contribution in [-0.4, -0.2) is 33.6 Å². The van der Waals surface area contributed by atoms with Crippen molar-refractivity contribution in [3.63, 3.8) is 0 Å². The fourth-order valence-electron chi connectivity index (χ4n) is 3.99. The molecule has 2 aliphatic rings. The summed E-state index contributed by atoms with van der Waals surface area (Å²) in [6, 6.07) is 9.49. The number of aryl methyl sites for hydroxylation is 1. The standard InChI is InChI=1S/C17H22N4O.2ClH/c1-11-18-15-4-2-3-5-16(15)21(11)10-17(22)20-14-8-12-6-7-13(9-14)19-12;;/h2-5,12-14,19H,6-10H2,1H3,(H,20,22);2*1H. The number of para-hydroxylation sites is 2. The molecule has 2 N–H and O–H groups in total. The number of piperidine rings is 1. The smallest absolute Gasteiger partial charge is 0.240 e. The number of carbonyl (C=O) groups excluding carboxylic acids is 1. The molecule has 2 bridgehead atoms. The molecule has 2 atom stereocenters.